The summed E-state index contributed by atoms with van der Waals surface area (Å²) in [5.74, 6) is 0. The first-order valence-electron chi connectivity index (χ1n) is 6.12. The predicted octanol–water partition coefficient (Wildman–Crippen LogP) is 2.93. The fraction of sp³-hybridized carbons (Fsp3) is 0.462. The SMILES string of the molecule is CC1(c2nc3cc(C(F)(F)F)ccc3s2)COCC1N. The summed E-state index contributed by atoms with van der Waals surface area (Å²) in [5.41, 5.74) is 5.28. The summed E-state index contributed by atoms with van der Waals surface area (Å²) in [5, 5.41) is 0.733. The van der Waals surface area contributed by atoms with Crippen molar-refractivity contribution in [2.75, 3.05) is 13.2 Å². The molecular weight excluding hydrogens is 289 g/mol. The van der Waals surface area contributed by atoms with Gasteiger partial charge < -0.3 is 10.5 Å². The molecule has 0 saturated carbocycles. The molecule has 1 aromatic carbocycles. The van der Waals surface area contributed by atoms with E-state index < -0.39 is 17.2 Å². The molecule has 1 aromatic heterocycles. The lowest BCUT2D eigenvalue weighted by molar-refractivity contribution is -0.137. The molecule has 2 aromatic rings. The third-order valence-corrected chi connectivity index (χ3v) is 5.04. The fourth-order valence-corrected chi connectivity index (χ4v) is 3.40. The Hall–Kier alpha value is -1.18. The van der Waals surface area contributed by atoms with Gasteiger partial charge in [-0.15, -0.1) is 11.3 Å². The highest BCUT2D eigenvalue weighted by Crippen LogP contribution is 2.38. The van der Waals surface area contributed by atoms with E-state index in [1.54, 1.807) is 0 Å². The summed E-state index contributed by atoms with van der Waals surface area (Å²) in [6.07, 6.45) is -4.35. The highest BCUT2D eigenvalue weighted by molar-refractivity contribution is 7.18. The number of halogens is 3. The Labute approximate surface area is 117 Å². The summed E-state index contributed by atoms with van der Waals surface area (Å²) in [7, 11) is 0. The number of hydrogen-bond acceptors (Lipinski definition) is 4. The van der Waals surface area contributed by atoms with Crippen molar-refractivity contribution in [1.82, 2.24) is 4.98 Å². The van der Waals surface area contributed by atoms with Gasteiger partial charge in [0.15, 0.2) is 0 Å². The normalized spacial score (nSPS) is 27.4. The molecule has 108 valence electrons. The molecule has 0 aliphatic carbocycles. The smallest absolute Gasteiger partial charge is 0.379 e. The van der Waals surface area contributed by atoms with Gasteiger partial charge in [-0.25, -0.2) is 4.98 Å². The van der Waals surface area contributed by atoms with Crippen molar-refractivity contribution in [2.24, 2.45) is 5.73 Å². The monoisotopic (exact) mass is 302 g/mol. The Balaban J connectivity index is 2.07. The molecule has 0 bridgehead atoms. The predicted molar refractivity (Wildman–Crippen MR) is 70.8 cm³/mol. The Morgan fingerprint density at radius 1 is 1.45 bits per heavy atom. The summed E-state index contributed by atoms with van der Waals surface area (Å²) in [6.45, 7) is 2.83. The van der Waals surface area contributed by atoms with Gasteiger partial charge in [-0.3, -0.25) is 0 Å². The molecule has 2 unspecified atom stereocenters. The maximum absolute atomic E-state index is 12.7. The summed E-state index contributed by atoms with van der Waals surface area (Å²) in [6, 6.07) is 3.44. The molecular formula is C13H13F3N2OS. The molecule has 0 radical (unpaired) electrons. The Morgan fingerprint density at radius 3 is 2.80 bits per heavy atom. The van der Waals surface area contributed by atoms with Crippen LogP contribution in [0.4, 0.5) is 13.2 Å². The van der Waals surface area contributed by atoms with Gasteiger partial charge in [0, 0.05) is 6.04 Å². The first-order valence-corrected chi connectivity index (χ1v) is 6.94. The number of thiazole rings is 1. The third kappa shape index (κ3) is 2.10. The van der Waals surface area contributed by atoms with E-state index in [1.807, 2.05) is 6.92 Å². The van der Waals surface area contributed by atoms with Gasteiger partial charge in [0.05, 0.1) is 34.4 Å². The Morgan fingerprint density at radius 2 is 2.20 bits per heavy atom. The van der Waals surface area contributed by atoms with Crippen LogP contribution in [0.3, 0.4) is 0 Å². The topological polar surface area (TPSA) is 48.1 Å². The van der Waals surface area contributed by atoms with Crippen LogP contribution in [0.2, 0.25) is 0 Å². The van der Waals surface area contributed by atoms with Crippen molar-refractivity contribution < 1.29 is 17.9 Å². The summed E-state index contributed by atoms with van der Waals surface area (Å²) < 4.78 is 44.2. The maximum atomic E-state index is 12.7. The van der Waals surface area contributed by atoms with E-state index in [2.05, 4.69) is 4.98 Å². The first kappa shape index (κ1) is 13.8. The Kier molecular flexibility index (Phi) is 3.04. The molecule has 1 aliphatic heterocycles. The zero-order valence-corrected chi connectivity index (χ0v) is 11.5. The highest BCUT2D eigenvalue weighted by atomic mass is 32.1. The van der Waals surface area contributed by atoms with Crippen molar-refractivity contribution >= 4 is 21.6 Å². The van der Waals surface area contributed by atoms with E-state index >= 15 is 0 Å². The minimum Gasteiger partial charge on any atom is -0.379 e. The number of rotatable bonds is 1. The molecule has 1 saturated heterocycles. The van der Waals surface area contributed by atoms with E-state index in [1.165, 1.54) is 17.4 Å². The fourth-order valence-electron chi connectivity index (χ4n) is 2.26. The molecule has 3 rings (SSSR count). The van der Waals surface area contributed by atoms with Crippen molar-refractivity contribution in [3.05, 3.63) is 28.8 Å². The van der Waals surface area contributed by atoms with Crippen LogP contribution in [0.5, 0.6) is 0 Å². The van der Waals surface area contributed by atoms with Gasteiger partial charge in [0.1, 0.15) is 5.01 Å². The zero-order valence-electron chi connectivity index (χ0n) is 10.7. The van der Waals surface area contributed by atoms with Crippen LogP contribution in [0.1, 0.15) is 17.5 Å². The number of benzene rings is 1. The molecule has 1 fully saturated rings. The van der Waals surface area contributed by atoms with Crippen LogP contribution < -0.4 is 5.73 Å². The molecule has 7 heteroatoms. The number of nitrogens with zero attached hydrogens (tertiary/aromatic N) is 1. The van der Waals surface area contributed by atoms with Gasteiger partial charge in [-0.1, -0.05) is 0 Å². The third-order valence-electron chi connectivity index (χ3n) is 3.72. The van der Waals surface area contributed by atoms with Gasteiger partial charge in [-0.05, 0) is 25.1 Å². The summed E-state index contributed by atoms with van der Waals surface area (Å²) >= 11 is 1.38. The number of hydrogen-bond donors (Lipinski definition) is 1. The van der Waals surface area contributed by atoms with Gasteiger partial charge >= 0.3 is 6.18 Å². The van der Waals surface area contributed by atoms with Crippen LogP contribution >= 0.6 is 11.3 Å². The van der Waals surface area contributed by atoms with Gasteiger partial charge in [-0.2, -0.15) is 13.2 Å². The van der Waals surface area contributed by atoms with E-state index in [-0.39, 0.29) is 6.04 Å². The second kappa shape index (κ2) is 4.41. The van der Waals surface area contributed by atoms with Crippen LogP contribution in [-0.2, 0) is 16.3 Å². The second-order valence-electron chi connectivity index (χ2n) is 5.24. The number of alkyl halides is 3. The number of fused-ring (bicyclic) bond motifs is 1. The van der Waals surface area contributed by atoms with E-state index in [4.69, 9.17) is 10.5 Å². The minimum atomic E-state index is -4.35. The van der Waals surface area contributed by atoms with E-state index in [9.17, 15) is 13.2 Å². The van der Waals surface area contributed by atoms with Crippen molar-refractivity contribution in [2.45, 2.75) is 24.6 Å². The standard InChI is InChI=1S/C13H13F3N2OS/c1-12(6-19-5-10(12)17)11-18-8-4-7(13(14,15)16)2-3-9(8)20-11/h2-4,10H,5-6,17H2,1H3. The zero-order chi connectivity index (χ0) is 14.5. The van der Waals surface area contributed by atoms with Crippen LogP contribution in [0, 0.1) is 0 Å². The maximum Gasteiger partial charge on any atom is 0.416 e. The lowest BCUT2D eigenvalue weighted by atomic mass is 9.87. The molecule has 20 heavy (non-hydrogen) atoms. The number of nitrogens with two attached hydrogens (primary N) is 1. The van der Waals surface area contributed by atoms with Gasteiger partial charge in [0.25, 0.3) is 0 Å². The quantitative estimate of drug-likeness (QED) is 0.881. The highest BCUT2D eigenvalue weighted by Gasteiger charge is 2.42. The molecule has 2 atom stereocenters. The minimum absolute atomic E-state index is 0.190. The molecule has 0 amide bonds. The van der Waals surface area contributed by atoms with Gasteiger partial charge in [0.2, 0.25) is 0 Å². The van der Waals surface area contributed by atoms with E-state index in [0.29, 0.717) is 18.7 Å². The largest absolute Gasteiger partial charge is 0.416 e. The van der Waals surface area contributed by atoms with Crippen molar-refractivity contribution in [1.29, 1.82) is 0 Å². The molecule has 2 N–H and O–H groups in total. The second-order valence-corrected chi connectivity index (χ2v) is 6.27. The summed E-state index contributed by atoms with van der Waals surface area (Å²) in [4.78, 5) is 4.35. The van der Waals surface area contributed by atoms with Crippen molar-refractivity contribution in [3.63, 3.8) is 0 Å². The Bertz CT molecular complexity index is 655. The average Bonchev–Trinajstić information content (AvgIpc) is 2.93. The number of ether oxygens (including phenoxy) is 1. The lowest BCUT2D eigenvalue weighted by Crippen LogP contribution is -2.41. The van der Waals surface area contributed by atoms with Crippen LogP contribution in [-0.4, -0.2) is 24.2 Å². The van der Waals surface area contributed by atoms with Crippen molar-refractivity contribution in [3.8, 4) is 0 Å². The number of aromatic nitrogens is 1. The van der Waals surface area contributed by atoms with Crippen LogP contribution in [0.15, 0.2) is 18.2 Å². The molecule has 3 nitrogen and oxygen atoms in total. The van der Waals surface area contributed by atoms with E-state index in [0.717, 1.165) is 21.8 Å². The molecule has 1 aliphatic rings. The lowest BCUT2D eigenvalue weighted by Gasteiger charge is -2.23. The van der Waals surface area contributed by atoms with Crippen LogP contribution in [0.25, 0.3) is 10.2 Å². The molecule has 0 spiro atoms. The average molecular weight is 302 g/mol. The molecule has 2 heterocycles. The first-order chi connectivity index (χ1) is 9.30.